The molecule has 0 unspecified atom stereocenters. The number of nitrogens with one attached hydrogen (secondary N) is 1. The summed E-state index contributed by atoms with van der Waals surface area (Å²) in [5.74, 6) is -1.49. The minimum absolute atomic E-state index is 0.138. The number of aromatic nitrogens is 3. The second kappa shape index (κ2) is 3.52. The lowest BCUT2D eigenvalue weighted by Crippen LogP contribution is -2.61. The third kappa shape index (κ3) is 1.60. The molecule has 9 heteroatoms. The largest absolute Gasteiger partial charge is 0.490 e. The van der Waals surface area contributed by atoms with Gasteiger partial charge >= 0.3 is 11.9 Å². The molecule has 0 radical (unpaired) electrons. The number of nitrogens with zero attached hydrogens (tertiary/aromatic N) is 4. The van der Waals surface area contributed by atoms with Crippen LogP contribution in [0.3, 0.4) is 0 Å². The van der Waals surface area contributed by atoms with Crippen molar-refractivity contribution in [3.8, 4) is 0 Å². The van der Waals surface area contributed by atoms with Gasteiger partial charge in [0.1, 0.15) is 5.54 Å². The van der Waals surface area contributed by atoms with Crippen molar-refractivity contribution in [1.82, 2.24) is 20.1 Å². The number of aliphatic carboxylic acids is 1. The molecule has 1 saturated heterocycles. The van der Waals surface area contributed by atoms with Crippen molar-refractivity contribution < 1.29 is 14.8 Å². The van der Waals surface area contributed by atoms with Crippen LogP contribution < -0.4 is 5.32 Å². The molecule has 0 bridgehead atoms. The van der Waals surface area contributed by atoms with Crippen molar-refractivity contribution in [2.24, 2.45) is 0 Å². The minimum atomic E-state index is -0.973. The lowest BCUT2D eigenvalue weighted by Gasteiger charge is -2.39. The van der Waals surface area contributed by atoms with Crippen molar-refractivity contribution in [3.63, 3.8) is 0 Å². The molecule has 0 aromatic carbocycles. The highest BCUT2D eigenvalue weighted by Crippen LogP contribution is 2.25. The molecule has 0 amide bonds. The summed E-state index contributed by atoms with van der Waals surface area (Å²) in [5, 5.41) is 25.8. The van der Waals surface area contributed by atoms with Crippen LogP contribution in [0.25, 0.3) is 0 Å². The van der Waals surface area contributed by atoms with Crippen LogP contribution in [0.1, 0.15) is 6.42 Å². The van der Waals surface area contributed by atoms with Crippen LogP contribution in [0.4, 0.5) is 5.95 Å². The van der Waals surface area contributed by atoms with Crippen LogP contribution in [-0.4, -0.2) is 43.9 Å². The third-order valence-corrected chi connectivity index (χ3v) is 2.52. The van der Waals surface area contributed by atoms with Gasteiger partial charge in [-0.2, -0.15) is 4.68 Å². The van der Waals surface area contributed by atoms with Gasteiger partial charge < -0.3 is 20.5 Å². The Morgan fingerprint density at radius 1 is 1.75 bits per heavy atom. The number of carboxylic acids is 1. The second-order valence-electron chi connectivity index (χ2n) is 3.64. The Morgan fingerprint density at radius 3 is 2.81 bits per heavy atom. The second-order valence-corrected chi connectivity index (χ2v) is 3.64. The topological polar surface area (TPSA) is 123 Å². The Hall–Kier alpha value is -2.03. The van der Waals surface area contributed by atoms with Crippen LogP contribution in [0.5, 0.6) is 0 Å². The molecule has 1 aromatic heterocycles. The predicted molar refractivity (Wildman–Crippen MR) is 49.8 cm³/mol. The highest BCUT2D eigenvalue weighted by atomic mass is 16.6. The first-order valence-corrected chi connectivity index (χ1v) is 4.53. The smallest absolute Gasteiger partial charge is 0.481 e. The van der Waals surface area contributed by atoms with Crippen LogP contribution >= 0.6 is 0 Å². The van der Waals surface area contributed by atoms with Crippen molar-refractivity contribution in [1.29, 1.82) is 0 Å². The van der Waals surface area contributed by atoms with Crippen molar-refractivity contribution in [2.45, 2.75) is 12.0 Å². The van der Waals surface area contributed by atoms with E-state index in [1.54, 1.807) is 0 Å². The molecule has 0 aliphatic carbocycles. The Morgan fingerprint density at radius 2 is 2.44 bits per heavy atom. The van der Waals surface area contributed by atoms with Gasteiger partial charge in [-0.05, 0) is 4.92 Å². The molecule has 2 heterocycles. The van der Waals surface area contributed by atoms with Gasteiger partial charge in [0.25, 0.3) is 0 Å². The predicted octanol–water partition coefficient (Wildman–Crippen LogP) is -1.04. The fourth-order valence-corrected chi connectivity index (χ4v) is 1.63. The quantitative estimate of drug-likeness (QED) is 0.497. The lowest BCUT2D eigenvalue weighted by molar-refractivity contribution is -0.394. The molecular formula is C7H9N5O4. The van der Waals surface area contributed by atoms with E-state index in [0.717, 1.165) is 0 Å². The Kier molecular flexibility index (Phi) is 2.31. The maximum atomic E-state index is 10.7. The van der Waals surface area contributed by atoms with E-state index in [1.807, 2.05) is 0 Å². The lowest BCUT2D eigenvalue weighted by atomic mass is 9.89. The van der Waals surface area contributed by atoms with Gasteiger partial charge in [-0.1, -0.05) is 4.98 Å². The van der Waals surface area contributed by atoms with Gasteiger partial charge in [0.15, 0.2) is 0 Å². The zero-order chi connectivity index (χ0) is 11.8. The zero-order valence-electron chi connectivity index (χ0n) is 8.16. The first-order valence-electron chi connectivity index (χ1n) is 4.53. The van der Waals surface area contributed by atoms with E-state index >= 15 is 0 Å². The molecule has 0 atom stereocenters. The summed E-state index contributed by atoms with van der Waals surface area (Å²) in [6.07, 6.45) is 1.06. The Labute approximate surface area is 89.2 Å². The molecule has 1 aliphatic heterocycles. The van der Waals surface area contributed by atoms with Crippen molar-refractivity contribution in [2.75, 3.05) is 13.1 Å². The van der Waals surface area contributed by atoms with Crippen LogP contribution in [-0.2, 0) is 10.3 Å². The van der Waals surface area contributed by atoms with E-state index in [9.17, 15) is 14.9 Å². The monoisotopic (exact) mass is 227 g/mol. The molecule has 2 rings (SSSR count). The van der Waals surface area contributed by atoms with Gasteiger partial charge in [0.2, 0.25) is 6.33 Å². The summed E-state index contributed by atoms with van der Waals surface area (Å²) in [7, 11) is 0. The molecule has 2 N–H and O–H groups in total. The fraction of sp³-hybridized carbons (Fsp3) is 0.571. The van der Waals surface area contributed by atoms with E-state index < -0.39 is 22.4 Å². The molecular weight excluding hydrogens is 218 g/mol. The average molecular weight is 227 g/mol. The van der Waals surface area contributed by atoms with E-state index in [4.69, 9.17) is 5.11 Å². The molecule has 1 aliphatic rings. The molecule has 16 heavy (non-hydrogen) atoms. The summed E-state index contributed by atoms with van der Waals surface area (Å²) in [6.45, 7) is 0.833. The molecule has 9 nitrogen and oxygen atoms in total. The average Bonchev–Trinajstić information content (AvgIpc) is 2.59. The zero-order valence-corrected chi connectivity index (χ0v) is 8.16. The standard InChI is InChI=1S/C7H9N5O4/c13-5(14)1-7(2-8-3-7)11-4-9-6(10-11)12(15)16/h4,8H,1-3H2,(H,13,14). The van der Waals surface area contributed by atoms with Crippen LogP contribution in [0.2, 0.25) is 0 Å². The summed E-state index contributed by atoms with van der Waals surface area (Å²) in [6, 6.07) is 0. The fourth-order valence-electron chi connectivity index (χ4n) is 1.63. The summed E-state index contributed by atoms with van der Waals surface area (Å²) in [4.78, 5) is 23.9. The molecule has 1 aromatic rings. The molecule has 86 valence electrons. The minimum Gasteiger partial charge on any atom is -0.481 e. The Bertz CT molecular complexity index is 438. The third-order valence-electron chi connectivity index (χ3n) is 2.52. The van der Waals surface area contributed by atoms with Gasteiger partial charge in [0.05, 0.1) is 6.42 Å². The number of carbonyl (C=O) groups is 1. The van der Waals surface area contributed by atoms with Crippen LogP contribution in [0, 0.1) is 10.1 Å². The summed E-state index contributed by atoms with van der Waals surface area (Å²) < 4.78 is 1.26. The van der Waals surface area contributed by atoms with Gasteiger partial charge in [-0.15, -0.1) is 0 Å². The maximum absolute atomic E-state index is 10.7. The number of hydrogen-bond acceptors (Lipinski definition) is 6. The maximum Gasteiger partial charge on any atom is 0.490 e. The van der Waals surface area contributed by atoms with Gasteiger partial charge in [-0.3, -0.25) is 4.79 Å². The van der Waals surface area contributed by atoms with Crippen LogP contribution in [0.15, 0.2) is 6.33 Å². The van der Waals surface area contributed by atoms with E-state index in [1.165, 1.54) is 11.0 Å². The highest BCUT2D eigenvalue weighted by molar-refractivity contribution is 5.68. The molecule has 1 fully saturated rings. The highest BCUT2D eigenvalue weighted by Gasteiger charge is 2.44. The van der Waals surface area contributed by atoms with Crippen molar-refractivity contribution in [3.05, 3.63) is 16.4 Å². The molecule has 0 saturated carbocycles. The SMILES string of the molecule is O=C(O)CC1(n2cnc([N+](=O)[O-])n2)CNC1. The Balaban J connectivity index is 2.26. The summed E-state index contributed by atoms with van der Waals surface area (Å²) in [5.41, 5.74) is -0.729. The van der Waals surface area contributed by atoms with E-state index in [2.05, 4.69) is 15.4 Å². The van der Waals surface area contributed by atoms with Crippen molar-refractivity contribution >= 4 is 11.9 Å². The first-order chi connectivity index (χ1) is 7.53. The van der Waals surface area contributed by atoms with Gasteiger partial charge in [0, 0.05) is 18.2 Å². The number of carboxylic acid groups (broad SMARTS) is 1. The van der Waals surface area contributed by atoms with E-state index in [0.29, 0.717) is 13.1 Å². The number of nitro groups is 1. The summed E-state index contributed by atoms with van der Waals surface area (Å²) >= 11 is 0. The van der Waals surface area contributed by atoms with E-state index in [-0.39, 0.29) is 6.42 Å². The number of rotatable bonds is 4. The molecule has 0 spiro atoms. The normalized spacial score (nSPS) is 17.8. The first kappa shape index (κ1) is 10.5. The number of hydrogen-bond donors (Lipinski definition) is 2. The van der Waals surface area contributed by atoms with Gasteiger partial charge in [-0.25, -0.2) is 0 Å².